The van der Waals surface area contributed by atoms with Crippen LogP contribution in [-0.4, -0.2) is 10.9 Å². The molecule has 3 rings (SSSR count). The van der Waals surface area contributed by atoms with E-state index < -0.39 is 6.10 Å². The van der Waals surface area contributed by atoms with Crippen LogP contribution in [0.1, 0.15) is 22.0 Å². The van der Waals surface area contributed by atoms with Gasteiger partial charge in [0.05, 0.1) is 0 Å². The highest BCUT2D eigenvalue weighted by Crippen LogP contribution is 2.28. The molecule has 0 aliphatic rings. The molecule has 2 nitrogen and oxygen atoms in total. The molecule has 19 heavy (non-hydrogen) atoms. The molecule has 1 heterocycles. The van der Waals surface area contributed by atoms with Gasteiger partial charge in [-0.3, -0.25) is 4.79 Å². The Morgan fingerprint density at radius 3 is 2.58 bits per heavy atom. The normalized spacial score (nSPS) is 12.5. The van der Waals surface area contributed by atoms with Crippen LogP contribution in [0.4, 0.5) is 0 Å². The molecule has 0 saturated heterocycles. The Kier molecular flexibility index (Phi) is 3.15. The van der Waals surface area contributed by atoms with Crippen LogP contribution in [0.5, 0.6) is 0 Å². The molecule has 3 aromatic rings. The SMILES string of the molecule is O=C(c1cccc2ccsc12)C(O)c1ccccc1. The van der Waals surface area contributed by atoms with Gasteiger partial charge >= 0.3 is 0 Å². The van der Waals surface area contributed by atoms with Gasteiger partial charge in [0.25, 0.3) is 0 Å². The molecule has 1 atom stereocenters. The number of carbonyl (C=O) groups is 1. The first-order valence-corrected chi connectivity index (χ1v) is 6.89. The number of Topliss-reactive ketones (excluding diaryl/α,β-unsaturated/α-hetero) is 1. The Balaban J connectivity index is 2.02. The van der Waals surface area contributed by atoms with Gasteiger partial charge in [-0.25, -0.2) is 0 Å². The Labute approximate surface area is 114 Å². The molecule has 0 bridgehead atoms. The molecular weight excluding hydrogens is 256 g/mol. The first-order valence-electron chi connectivity index (χ1n) is 6.01. The minimum atomic E-state index is -1.10. The Bertz CT molecular complexity index is 716. The summed E-state index contributed by atoms with van der Waals surface area (Å²) in [6.07, 6.45) is -1.10. The fraction of sp³-hybridized carbons (Fsp3) is 0.0625. The van der Waals surface area contributed by atoms with Gasteiger partial charge in [0.15, 0.2) is 5.78 Å². The van der Waals surface area contributed by atoms with Gasteiger partial charge in [0.2, 0.25) is 0 Å². The van der Waals surface area contributed by atoms with Crippen molar-refractivity contribution in [2.24, 2.45) is 0 Å². The molecule has 0 fully saturated rings. The number of thiophene rings is 1. The standard InChI is InChI=1S/C16H12O2S/c17-14(11-5-2-1-3-6-11)15(18)13-8-4-7-12-9-10-19-16(12)13/h1-10,14,17H. The minimum absolute atomic E-state index is 0.251. The third-order valence-corrected chi connectivity index (χ3v) is 4.07. The molecule has 1 unspecified atom stereocenters. The quantitative estimate of drug-likeness (QED) is 0.733. The topological polar surface area (TPSA) is 37.3 Å². The monoisotopic (exact) mass is 268 g/mol. The second-order valence-electron chi connectivity index (χ2n) is 4.32. The van der Waals surface area contributed by atoms with E-state index in [4.69, 9.17) is 0 Å². The van der Waals surface area contributed by atoms with E-state index >= 15 is 0 Å². The number of aliphatic hydroxyl groups is 1. The largest absolute Gasteiger partial charge is 0.380 e. The molecule has 94 valence electrons. The average molecular weight is 268 g/mol. The molecule has 1 aromatic heterocycles. The predicted molar refractivity (Wildman–Crippen MR) is 77.6 cm³/mol. The van der Waals surface area contributed by atoms with Gasteiger partial charge in [-0.05, 0) is 28.5 Å². The second kappa shape index (κ2) is 4.96. The van der Waals surface area contributed by atoms with Crippen molar-refractivity contribution in [2.45, 2.75) is 6.10 Å². The number of hydrogen-bond donors (Lipinski definition) is 1. The highest BCUT2D eigenvalue weighted by Gasteiger charge is 2.21. The summed E-state index contributed by atoms with van der Waals surface area (Å²) in [7, 11) is 0. The molecule has 0 amide bonds. The Hall–Kier alpha value is -1.97. The van der Waals surface area contributed by atoms with Gasteiger partial charge in [0.1, 0.15) is 6.10 Å². The number of benzene rings is 2. The summed E-state index contributed by atoms with van der Waals surface area (Å²) in [5.41, 5.74) is 1.21. The summed E-state index contributed by atoms with van der Waals surface area (Å²) in [5.74, 6) is -0.251. The van der Waals surface area contributed by atoms with E-state index in [2.05, 4.69) is 0 Å². The van der Waals surface area contributed by atoms with Crippen LogP contribution in [0.25, 0.3) is 10.1 Å². The van der Waals surface area contributed by atoms with Gasteiger partial charge in [0, 0.05) is 10.3 Å². The van der Waals surface area contributed by atoms with Crippen molar-refractivity contribution in [1.29, 1.82) is 0 Å². The van der Waals surface area contributed by atoms with Crippen LogP contribution in [0.15, 0.2) is 60.0 Å². The van der Waals surface area contributed by atoms with Crippen molar-refractivity contribution >= 4 is 27.2 Å². The summed E-state index contributed by atoms with van der Waals surface area (Å²) < 4.78 is 0.933. The van der Waals surface area contributed by atoms with Crippen molar-refractivity contribution in [3.8, 4) is 0 Å². The molecule has 3 heteroatoms. The van der Waals surface area contributed by atoms with E-state index in [1.165, 1.54) is 11.3 Å². The van der Waals surface area contributed by atoms with Gasteiger partial charge in [-0.15, -0.1) is 11.3 Å². The number of hydrogen-bond acceptors (Lipinski definition) is 3. The van der Waals surface area contributed by atoms with Crippen LogP contribution in [0.3, 0.4) is 0 Å². The lowest BCUT2D eigenvalue weighted by Gasteiger charge is -2.10. The smallest absolute Gasteiger partial charge is 0.197 e. The first kappa shape index (κ1) is 12.1. The Morgan fingerprint density at radius 1 is 1.00 bits per heavy atom. The zero-order chi connectivity index (χ0) is 13.2. The number of rotatable bonds is 3. The molecule has 0 spiro atoms. The lowest BCUT2D eigenvalue weighted by molar-refractivity contribution is 0.0749. The van der Waals surface area contributed by atoms with Gasteiger partial charge in [-0.2, -0.15) is 0 Å². The van der Waals surface area contributed by atoms with Gasteiger partial charge in [-0.1, -0.05) is 42.5 Å². The lowest BCUT2D eigenvalue weighted by atomic mass is 9.99. The number of carbonyl (C=O) groups excluding carboxylic acids is 1. The van der Waals surface area contributed by atoms with E-state index in [1.54, 1.807) is 18.2 Å². The third-order valence-electron chi connectivity index (χ3n) is 3.11. The van der Waals surface area contributed by atoms with Crippen LogP contribution in [0.2, 0.25) is 0 Å². The van der Waals surface area contributed by atoms with Crippen molar-refractivity contribution in [1.82, 2.24) is 0 Å². The number of aliphatic hydroxyl groups excluding tert-OH is 1. The maximum absolute atomic E-state index is 12.4. The molecule has 0 aliphatic carbocycles. The molecule has 0 saturated carbocycles. The second-order valence-corrected chi connectivity index (χ2v) is 5.24. The average Bonchev–Trinajstić information content (AvgIpc) is 2.95. The minimum Gasteiger partial charge on any atom is -0.380 e. The fourth-order valence-corrected chi connectivity index (χ4v) is 3.04. The summed E-state index contributed by atoms with van der Waals surface area (Å²) in [6, 6.07) is 16.6. The third kappa shape index (κ3) is 2.18. The summed E-state index contributed by atoms with van der Waals surface area (Å²) in [4.78, 5) is 12.4. The summed E-state index contributed by atoms with van der Waals surface area (Å²) >= 11 is 1.52. The molecule has 0 aliphatic heterocycles. The summed E-state index contributed by atoms with van der Waals surface area (Å²) in [5, 5.41) is 13.2. The van der Waals surface area contributed by atoms with Crippen molar-refractivity contribution in [2.75, 3.05) is 0 Å². The molecule has 2 aromatic carbocycles. The van der Waals surface area contributed by atoms with Gasteiger partial charge < -0.3 is 5.11 Å². The van der Waals surface area contributed by atoms with Crippen LogP contribution in [0, 0.1) is 0 Å². The van der Waals surface area contributed by atoms with Crippen molar-refractivity contribution in [3.05, 3.63) is 71.1 Å². The van der Waals surface area contributed by atoms with Crippen LogP contribution in [-0.2, 0) is 0 Å². The number of fused-ring (bicyclic) bond motifs is 1. The van der Waals surface area contributed by atoms with E-state index in [0.29, 0.717) is 11.1 Å². The molecule has 0 radical (unpaired) electrons. The van der Waals surface area contributed by atoms with E-state index in [0.717, 1.165) is 10.1 Å². The zero-order valence-corrected chi connectivity index (χ0v) is 10.9. The maximum Gasteiger partial charge on any atom is 0.197 e. The molecule has 1 N–H and O–H groups in total. The van der Waals surface area contributed by atoms with Crippen LogP contribution >= 0.6 is 11.3 Å². The van der Waals surface area contributed by atoms with E-state index in [-0.39, 0.29) is 5.78 Å². The zero-order valence-electron chi connectivity index (χ0n) is 10.1. The maximum atomic E-state index is 12.4. The predicted octanol–water partition coefficient (Wildman–Crippen LogP) is 3.82. The van der Waals surface area contributed by atoms with E-state index in [1.807, 2.05) is 41.8 Å². The highest BCUT2D eigenvalue weighted by molar-refractivity contribution is 7.17. The van der Waals surface area contributed by atoms with E-state index in [9.17, 15) is 9.90 Å². The number of ketones is 1. The molecular formula is C16H12O2S. The Morgan fingerprint density at radius 2 is 1.79 bits per heavy atom. The fourth-order valence-electron chi connectivity index (χ4n) is 2.12. The highest BCUT2D eigenvalue weighted by atomic mass is 32.1. The lowest BCUT2D eigenvalue weighted by Crippen LogP contribution is -2.12. The van der Waals surface area contributed by atoms with Crippen LogP contribution < -0.4 is 0 Å². The van der Waals surface area contributed by atoms with Crippen molar-refractivity contribution < 1.29 is 9.90 Å². The van der Waals surface area contributed by atoms with Crippen molar-refractivity contribution in [3.63, 3.8) is 0 Å². The first-order chi connectivity index (χ1) is 9.27. The summed E-state index contributed by atoms with van der Waals surface area (Å²) in [6.45, 7) is 0.